The van der Waals surface area contributed by atoms with Crippen LogP contribution in [0.1, 0.15) is 80.6 Å². The van der Waals surface area contributed by atoms with Crippen LogP contribution in [-0.4, -0.2) is 39.5 Å². The van der Waals surface area contributed by atoms with Gasteiger partial charge in [-0.2, -0.15) is 0 Å². The third-order valence-corrected chi connectivity index (χ3v) is 8.91. The molecule has 2 aromatic heterocycles. The molecule has 1 fully saturated rings. The number of esters is 1. The van der Waals surface area contributed by atoms with E-state index in [4.69, 9.17) is 25.7 Å². The minimum Gasteiger partial charge on any atom is -0.481 e. The van der Waals surface area contributed by atoms with Crippen LogP contribution in [0.2, 0.25) is 5.02 Å². The fourth-order valence-electron chi connectivity index (χ4n) is 5.25. The zero-order chi connectivity index (χ0) is 30.2. The van der Waals surface area contributed by atoms with Crippen molar-refractivity contribution in [1.29, 1.82) is 0 Å². The van der Waals surface area contributed by atoms with Crippen LogP contribution in [-0.2, 0) is 19.7 Å². The first-order valence-corrected chi connectivity index (χ1v) is 14.8. The maximum absolute atomic E-state index is 14.6. The number of rotatable bonds is 8. The molecule has 1 aliphatic heterocycles. The van der Waals surface area contributed by atoms with Gasteiger partial charge in [-0.1, -0.05) is 17.7 Å². The second-order valence-electron chi connectivity index (χ2n) is 10.7. The minimum atomic E-state index is -1.22. The van der Waals surface area contributed by atoms with Gasteiger partial charge < -0.3 is 19.6 Å². The number of halogens is 3. The highest BCUT2D eigenvalue weighted by molar-refractivity contribution is 7.11. The molecule has 1 unspecified atom stereocenters. The lowest BCUT2D eigenvalue weighted by molar-refractivity contribution is -0.142. The summed E-state index contributed by atoms with van der Waals surface area (Å²) in [6.07, 6.45) is 5.57. The second kappa shape index (κ2) is 11.9. The Morgan fingerprint density at radius 3 is 2.57 bits per heavy atom. The molecule has 1 saturated carbocycles. The van der Waals surface area contributed by atoms with E-state index in [1.54, 1.807) is 32.3 Å². The average Bonchev–Trinajstić information content (AvgIpc) is 3.69. The number of nitrogens with one attached hydrogen (secondary N) is 1. The van der Waals surface area contributed by atoms with Crippen LogP contribution < -0.4 is 5.32 Å². The molecule has 5 rings (SSSR count). The van der Waals surface area contributed by atoms with Crippen molar-refractivity contribution >= 4 is 40.7 Å². The molecule has 0 spiro atoms. The number of aliphatic carboxylic acids is 1. The number of aromatic nitrogens is 2. The largest absolute Gasteiger partial charge is 0.481 e. The van der Waals surface area contributed by atoms with Crippen LogP contribution in [0, 0.1) is 17.6 Å². The number of aliphatic imine (C=N–C) groups is 1. The van der Waals surface area contributed by atoms with E-state index in [2.05, 4.69) is 15.3 Å². The van der Waals surface area contributed by atoms with Crippen molar-refractivity contribution in [3.05, 3.63) is 80.1 Å². The molecule has 0 bridgehead atoms. The van der Waals surface area contributed by atoms with Crippen LogP contribution in [0.15, 0.2) is 50.7 Å². The second-order valence-corrected chi connectivity index (χ2v) is 12.0. The topological polar surface area (TPSA) is 127 Å². The number of nitrogens with zero attached hydrogens (tertiary/aromatic N) is 3. The quantitative estimate of drug-likeness (QED) is 0.222. The van der Waals surface area contributed by atoms with Gasteiger partial charge in [0, 0.05) is 28.8 Å². The summed E-state index contributed by atoms with van der Waals surface area (Å²) in [6, 6.07) is 1.22. The summed E-state index contributed by atoms with van der Waals surface area (Å²) in [4.78, 5) is 38.7. The summed E-state index contributed by atoms with van der Waals surface area (Å²) in [5.41, 5.74) is 0.0391. The number of benzene rings is 1. The van der Waals surface area contributed by atoms with Crippen molar-refractivity contribution in [2.24, 2.45) is 10.9 Å². The van der Waals surface area contributed by atoms with Gasteiger partial charge in [0.15, 0.2) is 28.4 Å². The fraction of sp³-hybridized carbons (Fsp3) is 0.414. The van der Waals surface area contributed by atoms with Crippen LogP contribution >= 0.6 is 22.9 Å². The smallest absolute Gasteiger partial charge is 0.338 e. The third kappa shape index (κ3) is 5.57. The molecule has 2 aliphatic rings. The van der Waals surface area contributed by atoms with Gasteiger partial charge in [0.1, 0.15) is 17.7 Å². The standard InChI is InChI=1S/C29H29ClF2N4O5S/c1-4-40-27(37)19-22(14-5-7-15(8-6-14)25-34-18(13-41-25)29(2,3)28(38)39)35-24(26-33-11-12-42-26)36-23(19)16-9-10-17(31)21(32)20(16)30/h9-15,23H,4-8H2,1-3H3,(H,35,36)(H,38,39). The van der Waals surface area contributed by atoms with E-state index in [0.717, 1.165) is 6.07 Å². The molecular weight excluding hydrogens is 590 g/mol. The number of hydrogen-bond acceptors (Lipinski definition) is 9. The molecule has 13 heteroatoms. The van der Waals surface area contributed by atoms with E-state index in [0.29, 0.717) is 53.8 Å². The lowest BCUT2D eigenvalue weighted by Gasteiger charge is -2.34. The molecule has 42 heavy (non-hydrogen) atoms. The lowest BCUT2D eigenvalue weighted by atomic mass is 9.78. The Morgan fingerprint density at radius 1 is 1.21 bits per heavy atom. The highest BCUT2D eigenvalue weighted by Crippen LogP contribution is 2.44. The van der Waals surface area contributed by atoms with Crippen molar-refractivity contribution < 1.29 is 32.6 Å². The molecule has 2 N–H and O–H groups in total. The molecule has 0 amide bonds. The van der Waals surface area contributed by atoms with Crippen molar-refractivity contribution in [2.75, 3.05) is 6.61 Å². The van der Waals surface area contributed by atoms with Gasteiger partial charge in [-0.05, 0) is 58.4 Å². The van der Waals surface area contributed by atoms with Crippen LogP contribution in [0.3, 0.4) is 0 Å². The highest BCUT2D eigenvalue weighted by Gasteiger charge is 2.40. The van der Waals surface area contributed by atoms with E-state index >= 15 is 0 Å². The van der Waals surface area contributed by atoms with Crippen molar-refractivity contribution in [1.82, 2.24) is 15.3 Å². The molecule has 0 saturated heterocycles. The van der Waals surface area contributed by atoms with Gasteiger partial charge in [-0.25, -0.2) is 23.5 Å². The highest BCUT2D eigenvalue weighted by atomic mass is 35.5. The van der Waals surface area contributed by atoms with E-state index in [1.165, 1.54) is 23.7 Å². The number of carbonyl (C=O) groups is 2. The van der Waals surface area contributed by atoms with Gasteiger partial charge in [0.05, 0.1) is 22.9 Å². The van der Waals surface area contributed by atoms with Crippen molar-refractivity contribution in [3.63, 3.8) is 0 Å². The molecule has 1 aliphatic carbocycles. The lowest BCUT2D eigenvalue weighted by Crippen LogP contribution is -2.38. The van der Waals surface area contributed by atoms with E-state index in [9.17, 15) is 23.5 Å². The molecule has 3 heterocycles. The predicted octanol–water partition coefficient (Wildman–Crippen LogP) is 6.31. The summed E-state index contributed by atoms with van der Waals surface area (Å²) in [5, 5.41) is 14.7. The normalized spacial score (nSPS) is 21.1. The van der Waals surface area contributed by atoms with Gasteiger partial charge in [0.25, 0.3) is 0 Å². The monoisotopic (exact) mass is 618 g/mol. The van der Waals surface area contributed by atoms with Crippen molar-refractivity contribution in [2.45, 2.75) is 63.8 Å². The number of allylic oxidation sites excluding steroid dienone is 1. The van der Waals surface area contributed by atoms with Gasteiger partial charge >= 0.3 is 11.9 Å². The number of thiazole rings is 1. The summed E-state index contributed by atoms with van der Waals surface area (Å²) in [5.74, 6) is -3.30. The maximum atomic E-state index is 14.6. The van der Waals surface area contributed by atoms with E-state index in [-0.39, 0.29) is 29.6 Å². The molecule has 1 atom stereocenters. The number of carboxylic acid groups (broad SMARTS) is 1. The van der Waals surface area contributed by atoms with Gasteiger partial charge in [0.2, 0.25) is 0 Å². The SMILES string of the molecule is CCOC(=O)C1=C(C2CCC(c3nc(C(C)(C)C(=O)O)co3)CC2)NC(c2nccs2)=NC1c1ccc(F)c(F)c1Cl. The molecule has 1 aromatic carbocycles. The summed E-state index contributed by atoms with van der Waals surface area (Å²) in [7, 11) is 0. The molecule has 222 valence electrons. The van der Waals surface area contributed by atoms with Crippen LogP contribution in [0.5, 0.6) is 0 Å². The Kier molecular flexibility index (Phi) is 8.47. The number of ether oxygens (including phenoxy) is 1. The summed E-state index contributed by atoms with van der Waals surface area (Å²) in [6.45, 7) is 4.93. The third-order valence-electron chi connectivity index (χ3n) is 7.75. The zero-order valence-electron chi connectivity index (χ0n) is 23.1. The number of carboxylic acids is 1. The predicted molar refractivity (Wildman–Crippen MR) is 151 cm³/mol. The molecule has 9 nitrogen and oxygen atoms in total. The first-order chi connectivity index (χ1) is 20.0. The van der Waals surface area contributed by atoms with Gasteiger partial charge in [-0.15, -0.1) is 11.3 Å². The van der Waals surface area contributed by atoms with E-state index < -0.39 is 40.1 Å². The van der Waals surface area contributed by atoms with Crippen LogP contribution in [0.4, 0.5) is 8.78 Å². The van der Waals surface area contributed by atoms with Crippen LogP contribution in [0.25, 0.3) is 0 Å². The average molecular weight is 619 g/mol. The number of oxazole rings is 1. The Labute approximate surface area is 249 Å². The number of hydrogen-bond donors (Lipinski definition) is 2. The molecule has 3 aromatic rings. The number of carbonyl (C=O) groups excluding carboxylic acids is 1. The Balaban J connectivity index is 1.50. The molecular formula is C29H29ClF2N4O5S. The number of amidine groups is 1. The van der Waals surface area contributed by atoms with E-state index in [1.807, 2.05) is 0 Å². The Morgan fingerprint density at radius 2 is 1.93 bits per heavy atom. The maximum Gasteiger partial charge on any atom is 0.338 e. The Hall–Kier alpha value is -3.64. The first-order valence-electron chi connectivity index (χ1n) is 13.5. The summed E-state index contributed by atoms with van der Waals surface area (Å²) < 4.78 is 39.7. The first kappa shape index (κ1) is 29.8. The summed E-state index contributed by atoms with van der Waals surface area (Å²) >= 11 is 7.62. The molecule has 0 radical (unpaired) electrons. The fourth-order valence-corrected chi connectivity index (χ4v) is 6.09. The van der Waals surface area contributed by atoms with Gasteiger partial charge in [-0.3, -0.25) is 9.79 Å². The van der Waals surface area contributed by atoms with Crippen molar-refractivity contribution in [3.8, 4) is 0 Å². The Bertz CT molecular complexity index is 1560. The minimum absolute atomic E-state index is 0.0432. The zero-order valence-corrected chi connectivity index (χ0v) is 24.7.